The van der Waals surface area contributed by atoms with Crippen molar-refractivity contribution in [1.82, 2.24) is 14.8 Å². The van der Waals surface area contributed by atoms with Crippen molar-refractivity contribution in [3.63, 3.8) is 0 Å². The van der Waals surface area contributed by atoms with Crippen LogP contribution in [-0.4, -0.2) is 26.4 Å². The molecular weight excluding hydrogens is 462 g/mol. The first-order valence-corrected chi connectivity index (χ1v) is 11.5. The van der Waals surface area contributed by atoms with Crippen molar-refractivity contribution < 1.29 is 4.79 Å². The molecule has 1 atom stereocenters. The number of fused-ring (bicyclic) bond motifs is 1. The van der Waals surface area contributed by atoms with E-state index in [1.807, 2.05) is 66.2 Å². The second kappa shape index (κ2) is 9.06. The van der Waals surface area contributed by atoms with Crippen LogP contribution in [0.15, 0.2) is 75.5 Å². The largest absolute Gasteiger partial charge is 0.328 e. The van der Waals surface area contributed by atoms with E-state index in [1.165, 1.54) is 0 Å². The van der Waals surface area contributed by atoms with Gasteiger partial charge in [0, 0.05) is 21.6 Å². The Morgan fingerprint density at radius 3 is 2.77 bits per heavy atom. The Labute approximate surface area is 188 Å². The molecule has 0 bridgehead atoms. The number of nitrogens with zero attached hydrogens (tertiary/aromatic N) is 3. The molecule has 154 valence electrons. The number of nitrogens with one attached hydrogen (secondary N) is 2. The maximum atomic E-state index is 13.3. The zero-order chi connectivity index (χ0) is 21.1. The van der Waals surface area contributed by atoms with Gasteiger partial charge in [-0.2, -0.15) is 4.98 Å². The summed E-state index contributed by atoms with van der Waals surface area (Å²) in [5, 5.41) is 11.7. The summed E-state index contributed by atoms with van der Waals surface area (Å²) >= 11 is 5.17. The van der Waals surface area contributed by atoms with Crippen LogP contribution in [0.5, 0.6) is 0 Å². The Bertz CT molecular complexity index is 1100. The lowest BCUT2D eigenvalue weighted by Gasteiger charge is -2.28. The zero-order valence-electron chi connectivity index (χ0n) is 16.7. The summed E-state index contributed by atoms with van der Waals surface area (Å²) in [4.78, 5) is 18.0. The van der Waals surface area contributed by atoms with E-state index in [0.29, 0.717) is 16.7 Å². The lowest BCUT2D eigenvalue weighted by Crippen LogP contribution is -2.31. The second-order valence-corrected chi connectivity index (χ2v) is 8.93. The van der Waals surface area contributed by atoms with Gasteiger partial charge in [-0.25, -0.2) is 4.68 Å². The number of rotatable bonds is 6. The van der Waals surface area contributed by atoms with Gasteiger partial charge < -0.3 is 10.6 Å². The number of para-hydroxylation sites is 1. The van der Waals surface area contributed by atoms with Gasteiger partial charge >= 0.3 is 0 Å². The van der Waals surface area contributed by atoms with Gasteiger partial charge in [0.1, 0.15) is 6.04 Å². The van der Waals surface area contributed by atoms with Gasteiger partial charge in [-0.3, -0.25) is 4.79 Å². The summed E-state index contributed by atoms with van der Waals surface area (Å²) in [7, 11) is 0. The third-order valence-corrected chi connectivity index (χ3v) is 6.25. The third-order valence-electron chi connectivity index (χ3n) is 4.71. The summed E-state index contributed by atoms with van der Waals surface area (Å²) in [6, 6.07) is 17.0. The number of anilines is 2. The summed E-state index contributed by atoms with van der Waals surface area (Å²) in [5.74, 6) is 1.42. The average Bonchev–Trinajstić information content (AvgIpc) is 3.14. The topological polar surface area (TPSA) is 71.8 Å². The summed E-state index contributed by atoms with van der Waals surface area (Å²) in [6.45, 7) is 4.03. The Morgan fingerprint density at radius 2 is 2.03 bits per heavy atom. The average molecular weight is 484 g/mol. The molecule has 2 N–H and O–H groups in total. The van der Waals surface area contributed by atoms with Crippen LogP contribution >= 0.6 is 27.7 Å². The van der Waals surface area contributed by atoms with Crippen molar-refractivity contribution in [2.24, 2.45) is 0 Å². The Hall–Kier alpha value is -2.58. The van der Waals surface area contributed by atoms with Gasteiger partial charge in [0.2, 0.25) is 11.1 Å². The number of carbonyl (C=O) groups is 1. The van der Waals surface area contributed by atoms with Gasteiger partial charge in [-0.05, 0) is 43.2 Å². The number of amides is 1. The molecule has 6 nitrogen and oxygen atoms in total. The number of benzene rings is 2. The van der Waals surface area contributed by atoms with E-state index in [2.05, 4.69) is 38.5 Å². The van der Waals surface area contributed by atoms with Crippen molar-refractivity contribution in [2.75, 3.05) is 16.4 Å². The molecular formula is C22H22BrN5OS. The number of carbonyl (C=O) groups excluding carboxylic acids is 1. The standard InChI is InChI=1S/C22H22BrN5OS/c1-3-12-30-22-26-21-24-14(2)18(20(29)25-17-10-5-4-6-11-17)19(28(21)27-22)15-8-7-9-16(23)13-15/h4-11,13,19H,3,12H2,1-2H3,(H,25,29)(H,24,26,27). The van der Waals surface area contributed by atoms with Crippen LogP contribution in [-0.2, 0) is 4.79 Å². The van der Waals surface area contributed by atoms with Crippen molar-refractivity contribution >= 4 is 45.2 Å². The summed E-state index contributed by atoms with van der Waals surface area (Å²) in [5.41, 5.74) is 3.09. The van der Waals surface area contributed by atoms with Crippen LogP contribution in [0, 0.1) is 0 Å². The van der Waals surface area contributed by atoms with Gasteiger partial charge in [0.15, 0.2) is 0 Å². The maximum absolute atomic E-state index is 13.3. The number of allylic oxidation sites excluding steroid dienone is 1. The van der Waals surface area contributed by atoms with Crippen molar-refractivity contribution in [1.29, 1.82) is 0 Å². The van der Waals surface area contributed by atoms with E-state index in [4.69, 9.17) is 5.10 Å². The van der Waals surface area contributed by atoms with Crippen LogP contribution in [0.3, 0.4) is 0 Å². The highest BCUT2D eigenvalue weighted by molar-refractivity contribution is 9.10. The molecule has 1 amide bonds. The molecule has 0 saturated carbocycles. The van der Waals surface area contributed by atoms with Crippen molar-refractivity contribution in [3.05, 3.63) is 75.9 Å². The highest BCUT2D eigenvalue weighted by Gasteiger charge is 2.34. The number of halogens is 1. The van der Waals surface area contributed by atoms with Gasteiger partial charge in [0.05, 0.1) is 5.57 Å². The van der Waals surface area contributed by atoms with E-state index >= 15 is 0 Å². The second-order valence-electron chi connectivity index (χ2n) is 6.95. The Kier molecular flexibility index (Phi) is 6.24. The van der Waals surface area contributed by atoms with Crippen LogP contribution in [0.4, 0.5) is 11.6 Å². The van der Waals surface area contributed by atoms with Gasteiger partial charge in [-0.15, -0.1) is 5.10 Å². The first kappa shape index (κ1) is 20.7. The van der Waals surface area contributed by atoms with E-state index in [9.17, 15) is 4.79 Å². The SMILES string of the molecule is CCCSc1nc2n(n1)C(c1cccc(Br)c1)C(C(=O)Nc1ccccc1)=C(C)N2. The van der Waals surface area contributed by atoms with E-state index in [1.54, 1.807) is 11.8 Å². The lowest BCUT2D eigenvalue weighted by atomic mass is 9.95. The Morgan fingerprint density at radius 1 is 1.23 bits per heavy atom. The quantitative estimate of drug-likeness (QED) is 0.454. The molecule has 2 heterocycles. The highest BCUT2D eigenvalue weighted by Crippen LogP contribution is 2.37. The summed E-state index contributed by atoms with van der Waals surface area (Å²) in [6.07, 6.45) is 1.04. The summed E-state index contributed by atoms with van der Waals surface area (Å²) < 4.78 is 2.76. The molecule has 1 aliphatic heterocycles. The highest BCUT2D eigenvalue weighted by atomic mass is 79.9. The molecule has 2 aromatic carbocycles. The van der Waals surface area contributed by atoms with Crippen LogP contribution in [0.1, 0.15) is 31.9 Å². The molecule has 0 radical (unpaired) electrons. The van der Waals surface area contributed by atoms with Gasteiger partial charge in [-0.1, -0.05) is 64.9 Å². The smallest absolute Gasteiger partial charge is 0.255 e. The number of hydrogen-bond acceptors (Lipinski definition) is 5. The minimum Gasteiger partial charge on any atom is -0.328 e. The van der Waals surface area contributed by atoms with E-state index in [-0.39, 0.29) is 11.9 Å². The minimum absolute atomic E-state index is 0.167. The van der Waals surface area contributed by atoms with Crippen LogP contribution < -0.4 is 10.6 Å². The van der Waals surface area contributed by atoms with Gasteiger partial charge in [0.25, 0.3) is 5.91 Å². The van der Waals surface area contributed by atoms with Crippen LogP contribution in [0.2, 0.25) is 0 Å². The predicted octanol–water partition coefficient (Wildman–Crippen LogP) is 5.47. The first-order valence-electron chi connectivity index (χ1n) is 9.76. The third kappa shape index (κ3) is 4.29. The van der Waals surface area contributed by atoms with Crippen LogP contribution in [0.25, 0.3) is 0 Å². The van der Waals surface area contributed by atoms with E-state index in [0.717, 1.165) is 33.6 Å². The van der Waals surface area contributed by atoms with E-state index < -0.39 is 0 Å². The fraction of sp³-hybridized carbons (Fsp3) is 0.227. The molecule has 0 fully saturated rings. The maximum Gasteiger partial charge on any atom is 0.255 e. The molecule has 4 rings (SSSR count). The molecule has 1 aliphatic rings. The molecule has 0 saturated heterocycles. The predicted molar refractivity (Wildman–Crippen MR) is 125 cm³/mol. The van der Waals surface area contributed by atoms with Crippen molar-refractivity contribution in [3.8, 4) is 0 Å². The lowest BCUT2D eigenvalue weighted by molar-refractivity contribution is -0.113. The monoisotopic (exact) mass is 483 g/mol. The fourth-order valence-corrected chi connectivity index (χ4v) is 4.49. The fourth-order valence-electron chi connectivity index (χ4n) is 3.38. The normalized spacial score (nSPS) is 15.5. The molecule has 1 unspecified atom stereocenters. The zero-order valence-corrected chi connectivity index (χ0v) is 19.1. The van der Waals surface area contributed by atoms with Crippen molar-refractivity contribution in [2.45, 2.75) is 31.5 Å². The molecule has 0 spiro atoms. The molecule has 8 heteroatoms. The number of hydrogen-bond donors (Lipinski definition) is 2. The molecule has 3 aromatic rings. The number of aromatic nitrogens is 3. The Balaban J connectivity index is 1.77. The molecule has 30 heavy (non-hydrogen) atoms. The number of thioether (sulfide) groups is 1. The molecule has 1 aromatic heterocycles. The first-order chi connectivity index (χ1) is 14.6. The molecule has 0 aliphatic carbocycles. The minimum atomic E-state index is -0.383.